The van der Waals surface area contributed by atoms with E-state index in [2.05, 4.69) is 22.4 Å². The molecule has 5 nitrogen and oxygen atoms in total. The van der Waals surface area contributed by atoms with Crippen LogP contribution in [-0.2, 0) is 22.6 Å². The molecule has 0 spiro atoms. The number of amides is 2. The Kier molecular flexibility index (Phi) is 6.95. The van der Waals surface area contributed by atoms with Gasteiger partial charge in [-0.3, -0.25) is 14.6 Å². The van der Waals surface area contributed by atoms with Crippen molar-refractivity contribution >= 4 is 11.8 Å². The molecule has 1 N–H and O–H groups in total. The SMILES string of the molecule is CC(=O)NCCC(=O)N(CCc1ccccc1)Cc1ccncc1. The van der Waals surface area contributed by atoms with Crippen molar-refractivity contribution < 1.29 is 9.59 Å². The molecule has 0 saturated heterocycles. The summed E-state index contributed by atoms with van der Waals surface area (Å²) in [5.41, 5.74) is 2.25. The lowest BCUT2D eigenvalue weighted by Gasteiger charge is -2.23. The molecule has 0 aliphatic heterocycles. The highest BCUT2D eigenvalue weighted by Crippen LogP contribution is 2.08. The zero-order chi connectivity index (χ0) is 17.2. The van der Waals surface area contributed by atoms with Crippen molar-refractivity contribution in [3.05, 3.63) is 66.0 Å². The fraction of sp³-hybridized carbons (Fsp3) is 0.316. The van der Waals surface area contributed by atoms with Gasteiger partial charge in [0.05, 0.1) is 0 Å². The summed E-state index contributed by atoms with van der Waals surface area (Å²) < 4.78 is 0. The van der Waals surface area contributed by atoms with E-state index < -0.39 is 0 Å². The highest BCUT2D eigenvalue weighted by molar-refractivity contribution is 5.78. The minimum absolute atomic E-state index is 0.0384. The van der Waals surface area contributed by atoms with Gasteiger partial charge in [0.15, 0.2) is 0 Å². The average Bonchev–Trinajstić information content (AvgIpc) is 2.60. The van der Waals surface area contributed by atoms with Gasteiger partial charge in [0, 0.05) is 45.4 Å². The minimum Gasteiger partial charge on any atom is -0.356 e. The lowest BCUT2D eigenvalue weighted by atomic mass is 10.1. The summed E-state index contributed by atoms with van der Waals surface area (Å²) in [6.07, 6.45) is 4.57. The molecule has 5 heteroatoms. The standard InChI is InChI=1S/C19H23N3O2/c1-16(23)21-13-9-19(24)22(15-18-7-11-20-12-8-18)14-10-17-5-3-2-4-6-17/h2-8,11-12H,9-10,13-15H2,1H3,(H,21,23). The molecule has 0 aliphatic carbocycles. The first-order valence-electron chi connectivity index (χ1n) is 8.10. The molecule has 0 atom stereocenters. The summed E-state index contributed by atoms with van der Waals surface area (Å²) in [5.74, 6) is -0.0794. The lowest BCUT2D eigenvalue weighted by Crippen LogP contribution is -2.35. The Balaban J connectivity index is 1.97. The molecule has 126 valence electrons. The first kappa shape index (κ1) is 17.7. The molecule has 24 heavy (non-hydrogen) atoms. The third kappa shape index (κ3) is 6.20. The smallest absolute Gasteiger partial charge is 0.224 e. The van der Waals surface area contributed by atoms with Crippen LogP contribution < -0.4 is 5.32 Å². The van der Waals surface area contributed by atoms with Crippen molar-refractivity contribution in [2.75, 3.05) is 13.1 Å². The Morgan fingerprint density at radius 2 is 1.75 bits per heavy atom. The second-order valence-electron chi connectivity index (χ2n) is 5.64. The van der Waals surface area contributed by atoms with E-state index in [0.717, 1.165) is 12.0 Å². The molecule has 2 aromatic rings. The maximum atomic E-state index is 12.5. The van der Waals surface area contributed by atoms with Crippen molar-refractivity contribution in [1.82, 2.24) is 15.2 Å². The van der Waals surface area contributed by atoms with Gasteiger partial charge in [-0.15, -0.1) is 0 Å². The first-order chi connectivity index (χ1) is 11.6. The summed E-state index contributed by atoms with van der Waals surface area (Å²) in [5, 5.41) is 2.67. The number of nitrogens with zero attached hydrogens (tertiary/aromatic N) is 2. The number of hydrogen-bond acceptors (Lipinski definition) is 3. The molecule has 0 fully saturated rings. The van der Waals surface area contributed by atoms with Gasteiger partial charge in [-0.05, 0) is 29.7 Å². The van der Waals surface area contributed by atoms with Crippen molar-refractivity contribution in [3.8, 4) is 0 Å². The maximum Gasteiger partial charge on any atom is 0.224 e. The summed E-state index contributed by atoms with van der Waals surface area (Å²) in [7, 11) is 0. The second-order valence-corrected chi connectivity index (χ2v) is 5.64. The predicted molar refractivity (Wildman–Crippen MR) is 93.1 cm³/mol. The van der Waals surface area contributed by atoms with Gasteiger partial charge in [0.2, 0.25) is 11.8 Å². The fourth-order valence-corrected chi connectivity index (χ4v) is 2.41. The zero-order valence-electron chi connectivity index (χ0n) is 13.9. The molecule has 0 aliphatic rings. The first-order valence-corrected chi connectivity index (χ1v) is 8.10. The van der Waals surface area contributed by atoms with Crippen LogP contribution in [-0.4, -0.2) is 34.8 Å². The Morgan fingerprint density at radius 1 is 1.04 bits per heavy atom. The summed E-state index contributed by atoms with van der Waals surface area (Å²) >= 11 is 0. The van der Waals surface area contributed by atoms with Crippen LogP contribution in [0.2, 0.25) is 0 Å². The van der Waals surface area contributed by atoms with E-state index >= 15 is 0 Å². The molecule has 2 rings (SSSR count). The van der Waals surface area contributed by atoms with Crippen LogP contribution in [0.4, 0.5) is 0 Å². The van der Waals surface area contributed by atoms with Gasteiger partial charge in [0.1, 0.15) is 0 Å². The topological polar surface area (TPSA) is 62.3 Å². The van der Waals surface area contributed by atoms with Gasteiger partial charge in [-0.2, -0.15) is 0 Å². The van der Waals surface area contributed by atoms with Crippen LogP contribution in [0.3, 0.4) is 0 Å². The van der Waals surface area contributed by atoms with E-state index in [1.165, 1.54) is 12.5 Å². The predicted octanol–water partition coefficient (Wildman–Crippen LogP) is 2.18. The summed E-state index contributed by atoms with van der Waals surface area (Å²) in [6.45, 7) is 3.01. The number of rotatable bonds is 8. The zero-order valence-corrected chi connectivity index (χ0v) is 13.9. The number of nitrogens with one attached hydrogen (secondary N) is 1. The van der Waals surface area contributed by atoms with Gasteiger partial charge in [-0.25, -0.2) is 0 Å². The van der Waals surface area contributed by atoms with Crippen LogP contribution >= 0.6 is 0 Å². The third-order valence-electron chi connectivity index (χ3n) is 3.70. The number of hydrogen-bond donors (Lipinski definition) is 1. The Labute approximate surface area is 142 Å². The van der Waals surface area contributed by atoms with Gasteiger partial charge >= 0.3 is 0 Å². The number of carbonyl (C=O) groups is 2. The second kappa shape index (κ2) is 9.45. The molecular formula is C19H23N3O2. The van der Waals surface area contributed by atoms with Crippen LogP contribution in [0.15, 0.2) is 54.9 Å². The van der Waals surface area contributed by atoms with E-state index in [1.807, 2.05) is 35.2 Å². The van der Waals surface area contributed by atoms with Crippen molar-refractivity contribution in [3.63, 3.8) is 0 Å². The summed E-state index contributed by atoms with van der Waals surface area (Å²) in [4.78, 5) is 29.3. The van der Waals surface area contributed by atoms with E-state index in [1.54, 1.807) is 12.4 Å². The molecule has 2 amide bonds. The van der Waals surface area contributed by atoms with Crippen molar-refractivity contribution in [2.45, 2.75) is 26.3 Å². The van der Waals surface area contributed by atoms with Crippen LogP contribution in [0.1, 0.15) is 24.5 Å². The van der Waals surface area contributed by atoms with E-state index in [-0.39, 0.29) is 11.8 Å². The molecule has 0 unspecified atom stereocenters. The van der Waals surface area contributed by atoms with Crippen LogP contribution in [0.25, 0.3) is 0 Å². The fourth-order valence-electron chi connectivity index (χ4n) is 2.41. The average molecular weight is 325 g/mol. The number of pyridine rings is 1. The molecule has 1 aromatic heterocycles. The van der Waals surface area contributed by atoms with Gasteiger partial charge in [-0.1, -0.05) is 30.3 Å². The lowest BCUT2D eigenvalue weighted by molar-refractivity contribution is -0.131. The molecule has 1 aromatic carbocycles. The van der Waals surface area contributed by atoms with Crippen molar-refractivity contribution in [1.29, 1.82) is 0 Å². The largest absolute Gasteiger partial charge is 0.356 e. The normalized spacial score (nSPS) is 10.2. The Morgan fingerprint density at radius 3 is 2.42 bits per heavy atom. The highest BCUT2D eigenvalue weighted by Gasteiger charge is 2.14. The number of carbonyl (C=O) groups excluding carboxylic acids is 2. The van der Waals surface area contributed by atoms with Crippen LogP contribution in [0.5, 0.6) is 0 Å². The third-order valence-corrected chi connectivity index (χ3v) is 3.70. The Hall–Kier alpha value is -2.69. The molecule has 0 bridgehead atoms. The van der Waals surface area contributed by atoms with Gasteiger partial charge < -0.3 is 10.2 Å². The monoisotopic (exact) mass is 325 g/mol. The minimum atomic E-state index is -0.118. The van der Waals surface area contributed by atoms with E-state index in [9.17, 15) is 9.59 Å². The Bertz CT molecular complexity index is 644. The quantitative estimate of drug-likeness (QED) is 0.809. The number of benzene rings is 1. The highest BCUT2D eigenvalue weighted by atomic mass is 16.2. The van der Waals surface area contributed by atoms with Crippen LogP contribution in [0, 0.1) is 0 Å². The molecule has 1 heterocycles. The molecule has 0 saturated carbocycles. The molecular weight excluding hydrogens is 302 g/mol. The summed E-state index contributed by atoms with van der Waals surface area (Å²) in [6, 6.07) is 13.9. The van der Waals surface area contributed by atoms with Crippen molar-refractivity contribution in [2.24, 2.45) is 0 Å². The maximum absolute atomic E-state index is 12.5. The van der Waals surface area contributed by atoms with E-state index in [4.69, 9.17) is 0 Å². The molecule has 0 radical (unpaired) electrons. The van der Waals surface area contributed by atoms with E-state index in [0.29, 0.717) is 26.1 Å². The van der Waals surface area contributed by atoms with Gasteiger partial charge in [0.25, 0.3) is 0 Å². The number of aromatic nitrogens is 1.